The molecule has 10 nitrogen and oxygen atoms in total. The SMILES string of the molecule is O=C(c1ccc([N+](=O)[O-])c(Cc2cccc(F)c2)c1Cl)C1C(c2cn(Cc3cccc(F)c3)c3ccccc23)CCN1C(=O)c1ccc([N+](=O)[O-])cc1Cl. The molecule has 272 valence electrons. The highest BCUT2D eigenvalue weighted by molar-refractivity contribution is 6.36. The number of hydrogen-bond acceptors (Lipinski definition) is 6. The number of nitrogens with zero attached hydrogens (tertiary/aromatic N) is 4. The van der Waals surface area contributed by atoms with Gasteiger partial charge in [0.1, 0.15) is 17.7 Å². The van der Waals surface area contributed by atoms with Crippen LogP contribution in [0.1, 0.15) is 55.3 Å². The fourth-order valence-electron chi connectivity index (χ4n) is 7.30. The fourth-order valence-corrected chi connectivity index (χ4v) is 7.88. The smallest absolute Gasteiger partial charge is 0.274 e. The Hall–Kier alpha value is -5.98. The largest absolute Gasteiger partial charge is 0.343 e. The monoisotopic (exact) mass is 768 g/mol. The number of fused-ring (bicyclic) bond motifs is 1. The van der Waals surface area contributed by atoms with Crippen LogP contribution in [0.4, 0.5) is 20.2 Å². The molecule has 6 aromatic rings. The number of rotatable bonds is 10. The van der Waals surface area contributed by atoms with Crippen LogP contribution < -0.4 is 0 Å². The molecule has 0 aliphatic carbocycles. The number of carbonyl (C=O) groups is 2. The maximum Gasteiger partial charge on any atom is 0.274 e. The third-order valence-corrected chi connectivity index (χ3v) is 10.5. The molecule has 54 heavy (non-hydrogen) atoms. The highest BCUT2D eigenvalue weighted by Gasteiger charge is 2.45. The Balaban J connectivity index is 1.36. The van der Waals surface area contributed by atoms with Gasteiger partial charge in [-0.2, -0.15) is 0 Å². The van der Waals surface area contributed by atoms with Gasteiger partial charge in [-0.25, -0.2) is 8.78 Å². The number of ketones is 1. The van der Waals surface area contributed by atoms with E-state index >= 15 is 0 Å². The van der Waals surface area contributed by atoms with Gasteiger partial charge in [-0.15, -0.1) is 0 Å². The topological polar surface area (TPSA) is 129 Å². The number of nitro benzene ring substituents is 2. The van der Waals surface area contributed by atoms with Crippen molar-refractivity contribution in [2.24, 2.45) is 0 Å². The first-order valence-electron chi connectivity index (χ1n) is 16.7. The average Bonchev–Trinajstić information content (AvgIpc) is 3.74. The minimum atomic E-state index is -1.21. The van der Waals surface area contributed by atoms with E-state index in [0.29, 0.717) is 24.1 Å². The van der Waals surface area contributed by atoms with Gasteiger partial charge < -0.3 is 9.47 Å². The van der Waals surface area contributed by atoms with Gasteiger partial charge >= 0.3 is 0 Å². The van der Waals surface area contributed by atoms with Crippen molar-refractivity contribution >= 4 is 57.2 Å². The maximum atomic E-state index is 15.0. The van der Waals surface area contributed by atoms with E-state index in [1.165, 1.54) is 53.4 Å². The van der Waals surface area contributed by atoms with Gasteiger partial charge in [-0.3, -0.25) is 29.8 Å². The number of benzene rings is 5. The lowest BCUT2D eigenvalue weighted by Crippen LogP contribution is -2.43. The molecule has 0 spiro atoms. The Morgan fingerprint density at radius 3 is 2.17 bits per heavy atom. The molecule has 0 bridgehead atoms. The number of aromatic nitrogens is 1. The van der Waals surface area contributed by atoms with Gasteiger partial charge in [0, 0.05) is 66.3 Å². The first-order chi connectivity index (χ1) is 25.9. The molecule has 1 aromatic heterocycles. The van der Waals surface area contributed by atoms with Crippen molar-refractivity contribution in [2.75, 3.05) is 6.54 Å². The van der Waals surface area contributed by atoms with Crippen molar-refractivity contribution in [3.8, 4) is 0 Å². The summed E-state index contributed by atoms with van der Waals surface area (Å²) in [6, 6.07) is 23.8. The summed E-state index contributed by atoms with van der Waals surface area (Å²) in [5, 5.41) is 23.9. The summed E-state index contributed by atoms with van der Waals surface area (Å²) in [6.07, 6.45) is 2.03. The molecule has 1 saturated heterocycles. The zero-order valence-corrected chi connectivity index (χ0v) is 29.6. The molecule has 1 amide bonds. The quantitative estimate of drug-likeness (QED) is 0.0776. The van der Waals surface area contributed by atoms with Gasteiger partial charge in [-0.05, 0) is 65.6 Å². The van der Waals surface area contributed by atoms with E-state index in [4.69, 9.17) is 23.2 Å². The highest BCUT2D eigenvalue weighted by Crippen LogP contribution is 2.43. The summed E-state index contributed by atoms with van der Waals surface area (Å²) in [4.78, 5) is 52.9. The summed E-state index contributed by atoms with van der Waals surface area (Å²) < 4.78 is 30.2. The van der Waals surface area contributed by atoms with Gasteiger partial charge in [0.15, 0.2) is 5.78 Å². The number of amides is 1. The highest BCUT2D eigenvalue weighted by atomic mass is 35.5. The normalized spacial score (nSPS) is 15.4. The van der Waals surface area contributed by atoms with Crippen molar-refractivity contribution in [1.82, 2.24) is 9.47 Å². The molecular formula is C40H28Cl2F2N4O6. The fraction of sp³-hybridized carbons (Fsp3) is 0.150. The van der Waals surface area contributed by atoms with Crippen LogP contribution in [0, 0.1) is 31.9 Å². The van der Waals surface area contributed by atoms with Crippen LogP contribution in [-0.2, 0) is 13.0 Å². The predicted octanol–water partition coefficient (Wildman–Crippen LogP) is 9.56. The summed E-state index contributed by atoms with van der Waals surface area (Å²) in [7, 11) is 0. The third kappa shape index (κ3) is 6.93. The molecule has 7 rings (SSSR count). The van der Waals surface area contributed by atoms with Crippen molar-refractivity contribution in [2.45, 2.75) is 31.3 Å². The summed E-state index contributed by atoms with van der Waals surface area (Å²) in [5.41, 5.74) is 1.79. The first-order valence-corrected chi connectivity index (χ1v) is 17.5. The number of likely N-dealkylation sites (tertiary alicyclic amines) is 1. The van der Waals surface area contributed by atoms with Crippen LogP contribution in [0.15, 0.2) is 109 Å². The zero-order chi connectivity index (χ0) is 38.3. The van der Waals surface area contributed by atoms with Crippen LogP contribution >= 0.6 is 23.2 Å². The molecule has 1 aliphatic rings. The lowest BCUT2D eigenvalue weighted by molar-refractivity contribution is -0.385. The van der Waals surface area contributed by atoms with Crippen LogP contribution in [0.25, 0.3) is 10.9 Å². The maximum absolute atomic E-state index is 15.0. The van der Waals surface area contributed by atoms with Gasteiger partial charge in [0.25, 0.3) is 17.3 Å². The molecule has 14 heteroatoms. The number of Topliss-reactive ketones (excluding diaryl/α,β-unsaturated/α-hetero) is 1. The summed E-state index contributed by atoms with van der Waals surface area (Å²) >= 11 is 13.3. The Labute approximate surface area is 316 Å². The van der Waals surface area contributed by atoms with Crippen molar-refractivity contribution < 1.29 is 28.2 Å². The van der Waals surface area contributed by atoms with Crippen LogP contribution in [0.3, 0.4) is 0 Å². The third-order valence-electron chi connectivity index (χ3n) is 9.73. The van der Waals surface area contributed by atoms with E-state index in [0.717, 1.165) is 28.6 Å². The van der Waals surface area contributed by atoms with E-state index < -0.39 is 39.3 Å². The van der Waals surface area contributed by atoms with Crippen LogP contribution in [0.2, 0.25) is 10.0 Å². The zero-order valence-electron chi connectivity index (χ0n) is 28.1. The lowest BCUT2D eigenvalue weighted by Gasteiger charge is -2.28. The number of para-hydroxylation sites is 1. The van der Waals surface area contributed by atoms with Crippen molar-refractivity contribution in [3.63, 3.8) is 0 Å². The van der Waals surface area contributed by atoms with E-state index in [-0.39, 0.29) is 56.9 Å². The van der Waals surface area contributed by atoms with E-state index in [1.807, 2.05) is 35.0 Å². The molecule has 1 fully saturated rings. The molecule has 2 unspecified atom stereocenters. The second kappa shape index (κ2) is 14.8. The molecule has 0 radical (unpaired) electrons. The Bertz CT molecular complexity index is 2510. The molecule has 5 aromatic carbocycles. The van der Waals surface area contributed by atoms with Crippen molar-refractivity contribution in [3.05, 3.63) is 185 Å². The Morgan fingerprint density at radius 2 is 1.48 bits per heavy atom. The minimum Gasteiger partial charge on any atom is -0.343 e. The van der Waals surface area contributed by atoms with Gasteiger partial charge in [-0.1, -0.05) is 65.7 Å². The molecule has 0 saturated carbocycles. The standard InChI is InChI=1S/C40H28Cl2F2N4O6/c41-34-20-27(47(51)52)11-12-30(34)40(50)46-16-15-29(33-22-45(35-10-2-1-9-28(33)35)21-24-6-4-8-26(44)18-24)38(46)39(49)31-13-14-36(48(53)54)32(37(31)42)19-23-5-3-7-25(43)17-23/h1-14,17-18,20,22,29,38H,15-16,19,21H2. The second-order valence-electron chi connectivity index (χ2n) is 13.0. The molecule has 2 heterocycles. The number of non-ortho nitro benzene ring substituents is 1. The van der Waals surface area contributed by atoms with Crippen molar-refractivity contribution in [1.29, 1.82) is 0 Å². The van der Waals surface area contributed by atoms with Crippen LogP contribution in [-0.4, -0.2) is 43.6 Å². The number of carbonyl (C=O) groups excluding carboxylic acids is 2. The van der Waals surface area contributed by atoms with E-state index in [1.54, 1.807) is 18.2 Å². The average molecular weight is 770 g/mol. The number of hydrogen-bond donors (Lipinski definition) is 0. The Kier molecular flexibility index (Phi) is 9.97. The van der Waals surface area contributed by atoms with E-state index in [2.05, 4.69) is 0 Å². The number of halogens is 4. The first kappa shape index (κ1) is 36.4. The molecule has 1 aliphatic heterocycles. The van der Waals surface area contributed by atoms with Crippen LogP contribution in [0.5, 0.6) is 0 Å². The van der Waals surface area contributed by atoms with E-state index in [9.17, 15) is 38.6 Å². The molecule has 0 N–H and O–H groups in total. The van der Waals surface area contributed by atoms with Gasteiger partial charge in [0.2, 0.25) is 0 Å². The summed E-state index contributed by atoms with van der Waals surface area (Å²) in [5.74, 6) is -2.83. The molecular weight excluding hydrogens is 741 g/mol. The number of nitro groups is 2. The lowest BCUT2D eigenvalue weighted by atomic mass is 9.86. The minimum absolute atomic E-state index is 0.00403. The second-order valence-corrected chi connectivity index (χ2v) is 13.8. The van der Waals surface area contributed by atoms with Gasteiger partial charge in [0.05, 0.1) is 31.0 Å². The Morgan fingerprint density at radius 1 is 0.796 bits per heavy atom. The molecule has 2 atom stereocenters. The summed E-state index contributed by atoms with van der Waals surface area (Å²) in [6.45, 7) is 0.389. The predicted molar refractivity (Wildman–Crippen MR) is 199 cm³/mol.